The fourth-order valence-electron chi connectivity index (χ4n) is 3.57. The van der Waals surface area contributed by atoms with Crippen LogP contribution >= 0.6 is 11.8 Å². The fourth-order valence-corrected chi connectivity index (χ4v) is 4.48. The number of thioether (sulfide) groups is 1. The van der Waals surface area contributed by atoms with E-state index in [2.05, 4.69) is 29.2 Å². The summed E-state index contributed by atoms with van der Waals surface area (Å²) in [4.78, 5) is 33.6. The highest BCUT2D eigenvalue weighted by molar-refractivity contribution is 8.18. The highest BCUT2D eigenvalue weighted by atomic mass is 32.2. The monoisotopic (exact) mass is 477 g/mol. The Kier molecular flexibility index (Phi) is 9.28. The van der Waals surface area contributed by atoms with Gasteiger partial charge in [0.2, 0.25) is 0 Å². The average molecular weight is 478 g/mol. The quantitative estimate of drug-likeness (QED) is 0.574. The summed E-state index contributed by atoms with van der Waals surface area (Å²) >= 11 is 1.23. The van der Waals surface area contributed by atoms with Crippen molar-refractivity contribution in [3.05, 3.63) is 34.5 Å². The van der Waals surface area contributed by atoms with Crippen LogP contribution in [-0.4, -0.2) is 77.8 Å². The Hall–Kier alpha value is -2.43. The Morgan fingerprint density at radius 3 is 2.70 bits per heavy atom. The van der Waals surface area contributed by atoms with Crippen molar-refractivity contribution < 1.29 is 18.7 Å². The normalized spacial score (nSPS) is 17.6. The summed E-state index contributed by atoms with van der Waals surface area (Å²) in [5.74, 6) is -0.670. The van der Waals surface area contributed by atoms with Gasteiger partial charge in [0.05, 0.1) is 4.91 Å². The van der Waals surface area contributed by atoms with Crippen LogP contribution in [0.15, 0.2) is 28.1 Å². The second kappa shape index (κ2) is 12.2. The summed E-state index contributed by atoms with van der Waals surface area (Å²) in [6.07, 6.45) is 3.13. The van der Waals surface area contributed by atoms with Crippen molar-refractivity contribution in [2.24, 2.45) is 4.99 Å². The number of hydrazine groups is 1. The first kappa shape index (κ1) is 25.2. The second-order valence-corrected chi connectivity index (χ2v) is 8.74. The van der Waals surface area contributed by atoms with Gasteiger partial charge in [-0.25, -0.2) is 14.6 Å². The lowest BCUT2D eigenvalue weighted by atomic mass is 10.1. The molecule has 2 aliphatic heterocycles. The van der Waals surface area contributed by atoms with E-state index < -0.39 is 17.8 Å². The van der Waals surface area contributed by atoms with Gasteiger partial charge in [0.1, 0.15) is 11.6 Å². The highest BCUT2D eigenvalue weighted by Gasteiger charge is 2.27. The molecule has 1 fully saturated rings. The summed E-state index contributed by atoms with van der Waals surface area (Å²) < 4.78 is 19.6. The largest absolute Gasteiger partial charge is 0.415 e. The van der Waals surface area contributed by atoms with Crippen LogP contribution in [0.1, 0.15) is 39.2 Å². The third kappa shape index (κ3) is 6.78. The van der Waals surface area contributed by atoms with Gasteiger partial charge >= 0.3 is 6.09 Å². The Morgan fingerprint density at radius 1 is 1.24 bits per heavy atom. The minimum absolute atomic E-state index is 0.202. The molecule has 3 rings (SSSR count). The molecule has 0 saturated carbocycles. The maximum Gasteiger partial charge on any atom is 0.415 e. The van der Waals surface area contributed by atoms with Crippen LogP contribution in [0.3, 0.4) is 0 Å². The third-order valence-corrected chi connectivity index (χ3v) is 6.63. The van der Waals surface area contributed by atoms with Crippen molar-refractivity contribution in [2.75, 3.05) is 45.8 Å². The molecule has 1 aromatic rings. The molecule has 0 spiro atoms. The van der Waals surface area contributed by atoms with Crippen LogP contribution in [0, 0.1) is 5.82 Å². The minimum Gasteiger partial charge on any atom is -0.410 e. The van der Waals surface area contributed by atoms with E-state index in [1.165, 1.54) is 36.0 Å². The molecule has 2 amide bonds. The summed E-state index contributed by atoms with van der Waals surface area (Å²) in [6.45, 7) is 11.2. The second-order valence-electron chi connectivity index (χ2n) is 7.73. The van der Waals surface area contributed by atoms with Crippen molar-refractivity contribution in [1.29, 1.82) is 0 Å². The molecule has 0 radical (unpaired) electrons. The number of likely N-dealkylation sites (N-methyl/N-ethyl adjacent to an activating group) is 2. The lowest BCUT2D eigenvalue weighted by Crippen LogP contribution is -2.45. The number of amides is 2. The molecular formula is C23H32FN5O3S. The van der Waals surface area contributed by atoms with E-state index in [4.69, 9.17) is 4.74 Å². The zero-order valence-electron chi connectivity index (χ0n) is 19.5. The smallest absolute Gasteiger partial charge is 0.410 e. The first-order valence-corrected chi connectivity index (χ1v) is 12.3. The molecule has 180 valence electrons. The van der Waals surface area contributed by atoms with Gasteiger partial charge in [-0.05, 0) is 68.9 Å². The number of amidine groups is 1. The summed E-state index contributed by atoms with van der Waals surface area (Å²) in [7, 11) is 0. The zero-order chi connectivity index (χ0) is 23.8. The minimum atomic E-state index is -0.504. The zero-order valence-corrected chi connectivity index (χ0v) is 20.3. The maximum absolute atomic E-state index is 14.0. The first-order chi connectivity index (χ1) is 15.9. The molecule has 0 unspecified atom stereocenters. The van der Waals surface area contributed by atoms with Gasteiger partial charge in [0.25, 0.3) is 5.91 Å². The van der Waals surface area contributed by atoms with Crippen LogP contribution in [0.5, 0.6) is 5.75 Å². The van der Waals surface area contributed by atoms with Crippen LogP contribution < -0.4 is 10.2 Å². The Balaban J connectivity index is 1.72. The van der Waals surface area contributed by atoms with Crippen LogP contribution in [0.2, 0.25) is 0 Å². The molecule has 8 nitrogen and oxygen atoms in total. The SMILES string of the molecule is CCN(CC)CCN(CC)C(=O)Oc1ccc(F)cc1C=C1SC(N2CCCCN2)=NC1=O. The van der Waals surface area contributed by atoms with Gasteiger partial charge in [-0.1, -0.05) is 13.8 Å². The Morgan fingerprint density at radius 2 is 2.03 bits per heavy atom. The fraction of sp³-hybridized carbons (Fsp3) is 0.522. The molecule has 0 aromatic heterocycles. The summed E-state index contributed by atoms with van der Waals surface area (Å²) in [5.41, 5.74) is 3.54. The molecule has 33 heavy (non-hydrogen) atoms. The van der Waals surface area contributed by atoms with Gasteiger partial charge in [-0.3, -0.25) is 9.80 Å². The summed E-state index contributed by atoms with van der Waals surface area (Å²) in [6, 6.07) is 3.91. The van der Waals surface area contributed by atoms with Gasteiger partial charge in [0.15, 0.2) is 5.17 Å². The number of aliphatic imine (C=N–C) groups is 1. The van der Waals surface area contributed by atoms with Crippen molar-refractivity contribution in [3.8, 4) is 5.75 Å². The lowest BCUT2D eigenvalue weighted by molar-refractivity contribution is -0.113. The van der Waals surface area contributed by atoms with Gasteiger partial charge < -0.3 is 14.5 Å². The number of rotatable bonds is 8. The number of carbonyl (C=O) groups is 2. The van der Waals surface area contributed by atoms with Crippen molar-refractivity contribution >= 4 is 35.0 Å². The lowest BCUT2D eigenvalue weighted by Gasteiger charge is -2.28. The van der Waals surface area contributed by atoms with E-state index in [-0.39, 0.29) is 5.75 Å². The standard InChI is InChI=1S/C23H32FN5O3S/c1-4-27(5-2)13-14-28(6-3)23(31)32-19-10-9-18(24)15-17(19)16-20-21(30)26-22(33-20)29-12-8-7-11-25-29/h9-10,15-16,25H,4-8,11-14H2,1-3H3. The average Bonchev–Trinajstić information content (AvgIpc) is 3.19. The van der Waals surface area contributed by atoms with Gasteiger partial charge in [-0.15, -0.1) is 0 Å². The molecule has 0 bridgehead atoms. The van der Waals surface area contributed by atoms with Gasteiger partial charge in [-0.2, -0.15) is 4.99 Å². The van der Waals surface area contributed by atoms with Crippen LogP contribution in [0.4, 0.5) is 9.18 Å². The summed E-state index contributed by atoms with van der Waals surface area (Å²) in [5, 5.41) is 2.45. The Bertz CT molecular complexity index is 913. The third-order valence-electron chi connectivity index (χ3n) is 5.63. The molecule has 0 atom stereocenters. The maximum atomic E-state index is 14.0. The van der Waals surface area contributed by atoms with E-state index >= 15 is 0 Å². The number of benzene rings is 1. The molecule has 10 heteroatoms. The van der Waals surface area contributed by atoms with Crippen molar-refractivity contribution in [3.63, 3.8) is 0 Å². The number of ether oxygens (including phenoxy) is 1. The predicted molar refractivity (Wildman–Crippen MR) is 129 cm³/mol. The molecule has 2 aliphatic rings. The first-order valence-electron chi connectivity index (χ1n) is 11.5. The van der Waals surface area contributed by atoms with E-state index in [1.807, 2.05) is 11.9 Å². The topological polar surface area (TPSA) is 77.5 Å². The predicted octanol–water partition coefficient (Wildman–Crippen LogP) is 3.56. The van der Waals surface area contributed by atoms with Crippen molar-refractivity contribution in [1.82, 2.24) is 20.2 Å². The van der Waals surface area contributed by atoms with E-state index in [0.29, 0.717) is 28.7 Å². The van der Waals surface area contributed by atoms with E-state index in [0.717, 1.165) is 45.6 Å². The van der Waals surface area contributed by atoms with Crippen molar-refractivity contribution in [2.45, 2.75) is 33.6 Å². The number of carbonyl (C=O) groups excluding carboxylic acids is 2. The highest BCUT2D eigenvalue weighted by Crippen LogP contribution is 2.33. The number of hydrogen-bond donors (Lipinski definition) is 1. The van der Waals surface area contributed by atoms with E-state index in [1.54, 1.807) is 4.90 Å². The Labute approximate surface area is 198 Å². The van der Waals surface area contributed by atoms with Crippen LogP contribution in [-0.2, 0) is 4.79 Å². The van der Waals surface area contributed by atoms with Gasteiger partial charge in [0, 0.05) is 38.3 Å². The number of nitrogens with zero attached hydrogens (tertiary/aromatic N) is 4. The molecular weight excluding hydrogens is 445 g/mol. The number of nitrogens with one attached hydrogen (secondary N) is 1. The molecule has 0 aliphatic carbocycles. The molecule has 1 aromatic carbocycles. The molecule has 1 N–H and O–H groups in total. The van der Waals surface area contributed by atoms with Crippen LogP contribution in [0.25, 0.3) is 6.08 Å². The number of hydrogen-bond acceptors (Lipinski definition) is 7. The number of halogens is 1. The molecule has 2 heterocycles. The molecule has 1 saturated heterocycles. The van der Waals surface area contributed by atoms with E-state index in [9.17, 15) is 14.0 Å².